The summed E-state index contributed by atoms with van der Waals surface area (Å²) in [5.41, 5.74) is 1.31. The zero-order valence-electron chi connectivity index (χ0n) is 10.6. The lowest BCUT2D eigenvalue weighted by molar-refractivity contribution is 0.0682. The molecule has 4 nitrogen and oxygen atoms in total. The van der Waals surface area contributed by atoms with Gasteiger partial charge in [-0.25, -0.2) is 4.79 Å². The molecule has 0 aromatic carbocycles. The molecule has 0 fully saturated rings. The summed E-state index contributed by atoms with van der Waals surface area (Å²) in [7, 11) is 0. The third-order valence-electron chi connectivity index (χ3n) is 3.19. The van der Waals surface area contributed by atoms with Gasteiger partial charge >= 0.3 is 5.97 Å². The molecule has 0 aliphatic carbocycles. The SMILES string of the molecule is CC[C@@H](C)n1c(Cc2ccco2)ccc1C(=O)O. The molecule has 2 heterocycles. The van der Waals surface area contributed by atoms with E-state index in [-0.39, 0.29) is 6.04 Å². The van der Waals surface area contributed by atoms with E-state index in [1.807, 2.05) is 36.6 Å². The Hall–Kier alpha value is -1.97. The van der Waals surface area contributed by atoms with Crippen molar-refractivity contribution in [1.82, 2.24) is 4.57 Å². The van der Waals surface area contributed by atoms with Crippen LogP contribution in [0.1, 0.15) is 48.3 Å². The third kappa shape index (κ3) is 2.32. The summed E-state index contributed by atoms with van der Waals surface area (Å²) in [5.74, 6) is -0.0458. The topological polar surface area (TPSA) is 55.4 Å². The Bertz CT molecular complexity index is 525. The average Bonchev–Trinajstić information content (AvgIpc) is 2.97. The number of nitrogens with zero attached hydrogens (tertiary/aromatic N) is 1. The van der Waals surface area contributed by atoms with Gasteiger partial charge in [-0.1, -0.05) is 6.92 Å². The van der Waals surface area contributed by atoms with Gasteiger partial charge in [0.25, 0.3) is 0 Å². The number of aromatic nitrogens is 1. The molecule has 0 saturated carbocycles. The van der Waals surface area contributed by atoms with Gasteiger partial charge in [-0.3, -0.25) is 0 Å². The summed E-state index contributed by atoms with van der Waals surface area (Å²) < 4.78 is 7.19. The molecule has 0 aliphatic rings. The molecule has 0 saturated heterocycles. The van der Waals surface area contributed by atoms with Gasteiger partial charge in [-0.2, -0.15) is 0 Å². The van der Waals surface area contributed by atoms with E-state index in [0.717, 1.165) is 17.9 Å². The molecule has 0 radical (unpaired) electrons. The van der Waals surface area contributed by atoms with Crippen LogP contribution in [-0.4, -0.2) is 15.6 Å². The highest BCUT2D eigenvalue weighted by molar-refractivity contribution is 5.86. The number of hydrogen-bond donors (Lipinski definition) is 1. The fraction of sp³-hybridized carbons (Fsp3) is 0.357. The van der Waals surface area contributed by atoms with Crippen LogP contribution in [-0.2, 0) is 6.42 Å². The predicted octanol–water partition coefficient (Wildman–Crippen LogP) is 3.34. The van der Waals surface area contributed by atoms with Crippen LogP contribution in [0.4, 0.5) is 0 Å². The maximum absolute atomic E-state index is 11.2. The molecule has 96 valence electrons. The summed E-state index contributed by atoms with van der Waals surface area (Å²) in [6, 6.07) is 7.42. The van der Waals surface area contributed by atoms with Crippen LogP contribution in [0.3, 0.4) is 0 Å². The van der Waals surface area contributed by atoms with Crippen molar-refractivity contribution in [3.05, 3.63) is 47.7 Å². The Morgan fingerprint density at radius 3 is 2.78 bits per heavy atom. The summed E-state index contributed by atoms with van der Waals surface area (Å²) in [6.07, 6.45) is 3.13. The van der Waals surface area contributed by atoms with E-state index in [4.69, 9.17) is 4.42 Å². The van der Waals surface area contributed by atoms with Crippen molar-refractivity contribution in [3.8, 4) is 0 Å². The van der Waals surface area contributed by atoms with E-state index in [1.165, 1.54) is 0 Å². The zero-order valence-corrected chi connectivity index (χ0v) is 10.6. The van der Waals surface area contributed by atoms with Gasteiger partial charge in [-0.05, 0) is 37.6 Å². The molecule has 18 heavy (non-hydrogen) atoms. The molecular formula is C14H17NO3. The first-order valence-electron chi connectivity index (χ1n) is 6.09. The van der Waals surface area contributed by atoms with Gasteiger partial charge in [0.05, 0.1) is 6.26 Å². The molecule has 4 heteroatoms. The van der Waals surface area contributed by atoms with Gasteiger partial charge in [0.2, 0.25) is 0 Å². The molecule has 2 aromatic rings. The summed E-state index contributed by atoms with van der Waals surface area (Å²) >= 11 is 0. The van der Waals surface area contributed by atoms with Crippen LogP contribution >= 0.6 is 0 Å². The van der Waals surface area contributed by atoms with Crippen molar-refractivity contribution in [1.29, 1.82) is 0 Å². The predicted molar refractivity (Wildman–Crippen MR) is 67.9 cm³/mol. The van der Waals surface area contributed by atoms with Crippen molar-refractivity contribution in [2.75, 3.05) is 0 Å². The first kappa shape index (κ1) is 12.5. The quantitative estimate of drug-likeness (QED) is 0.881. The van der Waals surface area contributed by atoms with E-state index >= 15 is 0 Å². The Morgan fingerprint density at radius 2 is 2.22 bits per heavy atom. The van der Waals surface area contributed by atoms with Crippen molar-refractivity contribution in [3.63, 3.8) is 0 Å². The van der Waals surface area contributed by atoms with Crippen LogP contribution < -0.4 is 0 Å². The Morgan fingerprint density at radius 1 is 1.44 bits per heavy atom. The zero-order chi connectivity index (χ0) is 13.1. The summed E-state index contributed by atoms with van der Waals surface area (Å²) in [5, 5.41) is 9.21. The minimum Gasteiger partial charge on any atom is -0.477 e. The molecule has 0 aliphatic heterocycles. The highest BCUT2D eigenvalue weighted by atomic mass is 16.4. The van der Waals surface area contributed by atoms with Crippen LogP contribution in [0.15, 0.2) is 34.9 Å². The van der Waals surface area contributed by atoms with Gasteiger partial charge in [-0.15, -0.1) is 0 Å². The van der Waals surface area contributed by atoms with Gasteiger partial charge in [0.1, 0.15) is 11.5 Å². The minimum atomic E-state index is -0.888. The van der Waals surface area contributed by atoms with Crippen molar-refractivity contribution >= 4 is 5.97 Å². The van der Waals surface area contributed by atoms with Gasteiger partial charge < -0.3 is 14.1 Å². The highest BCUT2D eigenvalue weighted by Gasteiger charge is 2.18. The van der Waals surface area contributed by atoms with Crippen molar-refractivity contribution in [2.45, 2.75) is 32.7 Å². The number of aromatic carboxylic acids is 1. The molecule has 0 spiro atoms. The molecule has 0 amide bonds. The number of rotatable bonds is 5. The van der Waals surface area contributed by atoms with Crippen LogP contribution in [0.25, 0.3) is 0 Å². The highest BCUT2D eigenvalue weighted by Crippen LogP contribution is 2.21. The maximum atomic E-state index is 11.2. The molecule has 1 atom stereocenters. The maximum Gasteiger partial charge on any atom is 0.352 e. The van der Waals surface area contributed by atoms with Crippen LogP contribution in [0.2, 0.25) is 0 Å². The van der Waals surface area contributed by atoms with Crippen molar-refractivity contribution in [2.24, 2.45) is 0 Å². The molecular weight excluding hydrogens is 230 g/mol. The first-order chi connectivity index (χ1) is 8.63. The van der Waals surface area contributed by atoms with Crippen LogP contribution in [0.5, 0.6) is 0 Å². The first-order valence-corrected chi connectivity index (χ1v) is 6.09. The minimum absolute atomic E-state index is 0.163. The number of hydrogen-bond acceptors (Lipinski definition) is 2. The van der Waals surface area contributed by atoms with Gasteiger partial charge in [0, 0.05) is 18.2 Å². The molecule has 0 unspecified atom stereocenters. The fourth-order valence-corrected chi connectivity index (χ4v) is 2.10. The van der Waals surface area contributed by atoms with Crippen molar-refractivity contribution < 1.29 is 14.3 Å². The molecule has 2 aromatic heterocycles. The number of carbonyl (C=O) groups is 1. The lowest BCUT2D eigenvalue weighted by atomic mass is 10.2. The largest absolute Gasteiger partial charge is 0.477 e. The Labute approximate surface area is 106 Å². The molecule has 0 bridgehead atoms. The Kier molecular flexibility index (Phi) is 3.55. The second-order valence-corrected chi connectivity index (χ2v) is 4.40. The smallest absolute Gasteiger partial charge is 0.352 e. The van der Waals surface area contributed by atoms with E-state index < -0.39 is 5.97 Å². The van der Waals surface area contributed by atoms with Crippen LogP contribution in [0, 0.1) is 0 Å². The summed E-state index contributed by atoms with van der Waals surface area (Å²) in [6.45, 7) is 4.07. The normalized spacial score (nSPS) is 12.6. The third-order valence-corrected chi connectivity index (χ3v) is 3.19. The number of furan rings is 1. The van der Waals surface area contributed by atoms with E-state index in [9.17, 15) is 9.90 Å². The summed E-state index contributed by atoms with van der Waals surface area (Å²) in [4.78, 5) is 11.2. The second kappa shape index (κ2) is 5.12. The van der Waals surface area contributed by atoms with Gasteiger partial charge in [0.15, 0.2) is 0 Å². The van der Waals surface area contributed by atoms with E-state index in [0.29, 0.717) is 12.1 Å². The second-order valence-electron chi connectivity index (χ2n) is 4.40. The number of carboxylic acid groups (broad SMARTS) is 1. The Balaban J connectivity index is 2.38. The monoisotopic (exact) mass is 247 g/mol. The van der Waals surface area contributed by atoms with E-state index in [1.54, 1.807) is 12.3 Å². The molecule has 2 rings (SSSR count). The lowest BCUT2D eigenvalue weighted by Gasteiger charge is -2.17. The lowest BCUT2D eigenvalue weighted by Crippen LogP contribution is -2.15. The fourth-order valence-electron chi connectivity index (χ4n) is 2.10. The van der Waals surface area contributed by atoms with E-state index in [2.05, 4.69) is 0 Å². The molecule has 1 N–H and O–H groups in total. The number of carboxylic acids is 1. The average molecular weight is 247 g/mol. The standard InChI is InChI=1S/C14H17NO3/c1-3-10(2)15-11(6-7-13(15)14(16)17)9-12-5-4-8-18-12/h4-8,10H,3,9H2,1-2H3,(H,16,17)/t10-/m1/s1.